The summed E-state index contributed by atoms with van der Waals surface area (Å²) in [6.07, 6.45) is 3.84. The van der Waals surface area contributed by atoms with Crippen LogP contribution in [0.4, 0.5) is 0 Å². The monoisotopic (exact) mass is 254 g/mol. The Labute approximate surface area is 118 Å². The zero-order valence-electron chi connectivity index (χ0n) is 11.2. The maximum absolute atomic E-state index is 3.93. The smallest absolute Gasteiger partial charge is 0.00208 e. The van der Waals surface area contributed by atoms with Crippen molar-refractivity contribution in [2.24, 2.45) is 0 Å². The first kappa shape index (κ1) is 11.2. The van der Waals surface area contributed by atoms with E-state index in [1.165, 1.54) is 43.4 Å². The third-order valence-electron chi connectivity index (χ3n) is 4.11. The lowest BCUT2D eigenvalue weighted by Crippen LogP contribution is -1.87. The molecule has 4 aromatic rings. The standard InChI is InChI=1S/C20H14/c1-3-13-11-16-8-7-15-6-5-14(4-2)18-10-9-17(12-13)19(16)20(15)18/h3-12H,1-2H2. The topological polar surface area (TPSA) is 0 Å². The summed E-state index contributed by atoms with van der Waals surface area (Å²) >= 11 is 0. The van der Waals surface area contributed by atoms with E-state index in [2.05, 4.69) is 61.7 Å². The molecule has 0 spiro atoms. The lowest BCUT2D eigenvalue weighted by atomic mass is 9.91. The van der Waals surface area contributed by atoms with E-state index in [1.807, 2.05) is 12.2 Å². The van der Waals surface area contributed by atoms with Gasteiger partial charge in [-0.25, -0.2) is 0 Å². The number of hydrogen-bond acceptors (Lipinski definition) is 0. The van der Waals surface area contributed by atoms with Crippen LogP contribution < -0.4 is 0 Å². The Balaban J connectivity index is 2.35. The van der Waals surface area contributed by atoms with Gasteiger partial charge in [0.25, 0.3) is 0 Å². The fourth-order valence-electron chi connectivity index (χ4n) is 3.16. The highest BCUT2D eigenvalue weighted by Crippen LogP contribution is 2.36. The third kappa shape index (κ3) is 1.36. The molecule has 0 atom stereocenters. The first-order valence-corrected chi connectivity index (χ1v) is 6.78. The number of hydrogen-bond donors (Lipinski definition) is 0. The van der Waals surface area contributed by atoms with Crippen LogP contribution in [0.3, 0.4) is 0 Å². The normalized spacial score (nSPS) is 11.4. The zero-order valence-corrected chi connectivity index (χ0v) is 11.2. The van der Waals surface area contributed by atoms with Crippen LogP contribution in [0.2, 0.25) is 0 Å². The highest BCUT2D eigenvalue weighted by atomic mass is 14.1. The Morgan fingerprint density at radius 3 is 2.00 bits per heavy atom. The van der Waals surface area contributed by atoms with Crippen LogP contribution in [0.25, 0.3) is 44.5 Å². The van der Waals surface area contributed by atoms with Gasteiger partial charge in [0, 0.05) is 0 Å². The third-order valence-corrected chi connectivity index (χ3v) is 4.11. The second-order valence-electron chi connectivity index (χ2n) is 5.18. The van der Waals surface area contributed by atoms with E-state index in [1.54, 1.807) is 0 Å². The van der Waals surface area contributed by atoms with Gasteiger partial charge in [0.2, 0.25) is 0 Å². The maximum Gasteiger partial charge on any atom is -0.00208 e. The molecular weight excluding hydrogens is 240 g/mol. The molecule has 20 heavy (non-hydrogen) atoms. The van der Waals surface area contributed by atoms with E-state index in [0.717, 1.165) is 0 Å². The minimum atomic E-state index is 1.17. The summed E-state index contributed by atoms with van der Waals surface area (Å²) in [5, 5.41) is 7.80. The molecule has 94 valence electrons. The summed E-state index contributed by atoms with van der Waals surface area (Å²) in [5.74, 6) is 0. The average Bonchev–Trinajstić information content (AvgIpc) is 2.51. The predicted molar refractivity (Wildman–Crippen MR) is 90.3 cm³/mol. The van der Waals surface area contributed by atoms with E-state index in [-0.39, 0.29) is 0 Å². The van der Waals surface area contributed by atoms with Gasteiger partial charge in [0.1, 0.15) is 0 Å². The summed E-state index contributed by atoms with van der Waals surface area (Å²) in [7, 11) is 0. The largest absolute Gasteiger partial charge is 0.0985 e. The molecule has 0 aliphatic heterocycles. The molecule has 0 fully saturated rings. The van der Waals surface area contributed by atoms with Gasteiger partial charge in [0.05, 0.1) is 0 Å². The van der Waals surface area contributed by atoms with Crippen LogP contribution in [0.5, 0.6) is 0 Å². The Bertz CT molecular complexity index is 955. The van der Waals surface area contributed by atoms with Crippen LogP contribution in [-0.4, -0.2) is 0 Å². The summed E-state index contributed by atoms with van der Waals surface area (Å²) in [6.45, 7) is 7.81. The predicted octanol–water partition coefficient (Wildman–Crippen LogP) is 5.87. The first-order chi connectivity index (χ1) is 9.81. The van der Waals surface area contributed by atoms with Crippen LogP contribution in [0.15, 0.2) is 61.7 Å². The molecule has 0 saturated carbocycles. The van der Waals surface area contributed by atoms with E-state index in [4.69, 9.17) is 0 Å². The van der Waals surface area contributed by atoms with Gasteiger partial charge in [0.15, 0.2) is 0 Å². The van der Waals surface area contributed by atoms with Crippen LogP contribution in [-0.2, 0) is 0 Å². The summed E-state index contributed by atoms with van der Waals surface area (Å²) in [6, 6.07) is 17.5. The first-order valence-electron chi connectivity index (χ1n) is 6.78. The van der Waals surface area contributed by atoms with Crippen LogP contribution >= 0.6 is 0 Å². The fraction of sp³-hybridized carbons (Fsp3) is 0. The van der Waals surface area contributed by atoms with Crippen molar-refractivity contribution >= 4 is 44.5 Å². The molecule has 0 N–H and O–H groups in total. The molecule has 0 aliphatic rings. The lowest BCUT2D eigenvalue weighted by molar-refractivity contribution is 1.73. The Morgan fingerprint density at radius 2 is 1.30 bits per heavy atom. The second kappa shape index (κ2) is 3.94. The molecule has 0 saturated heterocycles. The van der Waals surface area contributed by atoms with Crippen LogP contribution in [0.1, 0.15) is 11.1 Å². The Morgan fingerprint density at radius 1 is 0.650 bits per heavy atom. The van der Waals surface area contributed by atoms with Gasteiger partial charge in [-0.2, -0.15) is 0 Å². The molecule has 0 bridgehead atoms. The maximum atomic E-state index is 3.93. The van der Waals surface area contributed by atoms with Crippen molar-refractivity contribution in [2.75, 3.05) is 0 Å². The average molecular weight is 254 g/mol. The molecular formula is C20H14. The summed E-state index contributed by atoms with van der Waals surface area (Å²) < 4.78 is 0. The summed E-state index contributed by atoms with van der Waals surface area (Å²) in [4.78, 5) is 0. The van der Waals surface area contributed by atoms with Crippen molar-refractivity contribution in [3.63, 3.8) is 0 Å². The van der Waals surface area contributed by atoms with E-state index < -0.39 is 0 Å². The van der Waals surface area contributed by atoms with E-state index in [9.17, 15) is 0 Å². The van der Waals surface area contributed by atoms with Crippen molar-refractivity contribution < 1.29 is 0 Å². The van der Waals surface area contributed by atoms with Gasteiger partial charge in [-0.1, -0.05) is 61.7 Å². The van der Waals surface area contributed by atoms with Crippen molar-refractivity contribution in [2.45, 2.75) is 0 Å². The molecule has 0 unspecified atom stereocenters. The Hall–Kier alpha value is -2.60. The molecule has 0 amide bonds. The molecule has 4 rings (SSSR count). The Kier molecular flexibility index (Phi) is 2.22. The highest BCUT2D eigenvalue weighted by Gasteiger charge is 2.10. The minimum absolute atomic E-state index is 1.17. The quantitative estimate of drug-likeness (QED) is 0.392. The van der Waals surface area contributed by atoms with Crippen molar-refractivity contribution in [3.8, 4) is 0 Å². The molecule has 0 nitrogen and oxygen atoms in total. The van der Waals surface area contributed by atoms with Gasteiger partial charge < -0.3 is 0 Å². The van der Waals surface area contributed by atoms with Gasteiger partial charge in [-0.15, -0.1) is 0 Å². The van der Waals surface area contributed by atoms with Gasteiger partial charge in [-0.3, -0.25) is 0 Å². The fourth-order valence-corrected chi connectivity index (χ4v) is 3.16. The summed E-state index contributed by atoms with van der Waals surface area (Å²) in [5.41, 5.74) is 2.36. The second-order valence-corrected chi connectivity index (χ2v) is 5.18. The SMILES string of the molecule is C=Cc1cc2ccc3ccc(C=C)c4ccc(c1)c2c34. The van der Waals surface area contributed by atoms with Gasteiger partial charge >= 0.3 is 0 Å². The molecule has 4 aromatic carbocycles. The van der Waals surface area contributed by atoms with Gasteiger partial charge in [-0.05, 0) is 55.6 Å². The van der Waals surface area contributed by atoms with Crippen molar-refractivity contribution in [1.29, 1.82) is 0 Å². The van der Waals surface area contributed by atoms with E-state index in [0.29, 0.717) is 0 Å². The van der Waals surface area contributed by atoms with Crippen molar-refractivity contribution in [1.82, 2.24) is 0 Å². The highest BCUT2D eigenvalue weighted by molar-refractivity contribution is 6.24. The number of benzene rings is 4. The van der Waals surface area contributed by atoms with Crippen molar-refractivity contribution in [3.05, 3.63) is 72.8 Å². The number of rotatable bonds is 2. The molecule has 0 heteroatoms. The molecule has 0 aromatic heterocycles. The van der Waals surface area contributed by atoms with Crippen LogP contribution in [0, 0.1) is 0 Å². The molecule has 0 radical (unpaired) electrons. The molecule has 0 aliphatic carbocycles. The van der Waals surface area contributed by atoms with E-state index >= 15 is 0 Å². The minimum Gasteiger partial charge on any atom is -0.0985 e. The lowest BCUT2D eigenvalue weighted by Gasteiger charge is -2.13. The molecule has 0 heterocycles. The zero-order chi connectivity index (χ0) is 13.7.